The third-order valence-corrected chi connectivity index (χ3v) is 2.59. The van der Waals surface area contributed by atoms with Crippen molar-refractivity contribution in [2.24, 2.45) is 4.99 Å². The zero-order valence-corrected chi connectivity index (χ0v) is 11.1. The molecule has 0 aromatic heterocycles. The highest BCUT2D eigenvalue weighted by molar-refractivity contribution is 5.98. The minimum Gasteiger partial charge on any atom is -0.497 e. The van der Waals surface area contributed by atoms with Crippen LogP contribution in [0.3, 0.4) is 0 Å². The van der Waals surface area contributed by atoms with Crippen LogP contribution in [0.5, 0.6) is 5.75 Å². The Hall–Kier alpha value is -2.57. The summed E-state index contributed by atoms with van der Waals surface area (Å²) in [6, 6.07) is 6.38. The largest absolute Gasteiger partial charge is 0.497 e. The van der Waals surface area contributed by atoms with Crippen LogP contribution in [0.1, 0.15) is 12.5 Å². The first-order chi connectivity index (χ1) is 9.60. The third kappa shape index (κ3) is 3.25. The second kappa shape index (κ2) is 6.05. The normalized spacial score (nSPS) is 16.9. The maximum atomic E-state index is 11.6. The molecule has 1 amide bonds. The zero-order valence-electron chi connectivity index (χ0n) is 11.1. The van der Waals surface area contributed by atoms with Crippen LogP contribution >= 0.6 is 0 Å². The fraction of sp³-hybridized carbons (Fsp3) is 0.308. The molecular formula is C13H14N2O5. The molecule has 1 aromatic rings. The number of nitrogens with one attached hydrogen (secondary N) is 1. The maximum absolute atomic E-state index is 11.6. The van der Waals surface area contributed by atoms with E-state index in [2.05, 4.69) is 9.83 Å². The Morgan fingerprint density at radius 3 is 2.65 bits per heavy atom. The van der Waals surface area contributed by atoms with Gasteiger partial charge >= 0.3 is 5.97 Å². The van der Waals surface area contributed by atoms with Crippen molar-refractivity contribution in [1.82, 2.24) is 5.48 Å². The van der Waals surface area contributed by atoms with E-state index < -0.39 is 17.9 Å². The molecule has 1 aliphatic heterocycles. The summed E-state index contributed by atoms with van der Waals surface area (Å²) in [7, 11) is 1.58. The molecule has 20 heavy (non-hydrogen) atoms. The summed E-state index contributed by atoms with van der Waals surface area (Å²) in [6.45, 7) is 1.30. The van der Waals surface area contributed by atoms with Crippen molar-refractivity contribution in [3.8, 4) is 5.75 Å². The topological polar surface area (TPSA) is 86.2 Å². The Morgan fingerprint density at radius 2 is 2.05 bits per heavy atom. The van der Waals surface area contributed by atoms with E-state index in [1.165, 1.54) is 6.92 Å². The number of methoxy groups -OCH3 is 1. The monoisotopic (exact) mass is 278 g/mol. The van der Waals surface area contributed by atoms with Crippen LogP contribution < -0.4 is 10.2 Å². The highest BCUT2D eigenvalue weighted by Crippen LogP contribution is 2.16. The van der Waals surface area contributed by atoms with Gasteiger partial charge in [0.15, 0.2) is 6.04 Å². The standard InChI is InChI=1S/C13H14N2O5/c1-8(16)20-15-12(17)11-7-19-13(14-11)9-3-5-10(18-2)6-4-9/h3-6,11H,7H2,1-2H3,(H,15,17)/t11-/m1/s1. The van der Waals surface area contributed by atoms with E-state index in [1.807, 2.05) is 5.48 Å². The van der Waals surface area contributed by atoms with E-state index in [-0.39, 0.29) is 6.61 Å². The lowest BCUT2D eigenvalue weighted by Crippen LogP contribution is -2.35. The first kappa shape index (κ1) is 13.9. The molecule has 106 valence electrons. The van der Waals surface area contributed by atoms with Gasteiger partial charge in [0.1, 0.15) is 12.4 Å². The van der Waals surface area contributed by atoms with E-state index in [0.717, 1.165) is 11.3 Å². The van der Waals surface area contributed by atoms with Gasteiger partial charge in [-0.2, -0.15) is 5.48 Å². The molecule has 0 bridgehead atoms. The molecule has 7 nitrogen and oxygen atoms in total. The van der Waals surface area contributed by atoms with E-state index >= 15 is 0 Å². The van der Waals surface area contributed by atoms with Gasteiger partial charge in [0.25, 0.3) is 5.91 Å². The number of benzene rings is 1. The predicted molar refractivity (Wildman–Crippen MR) is 69.2 cm³/mol. The van der Waals surface area contributed by atoms with E-state index in [9.17, 15) is 9.59 Å². The molecule has 0 saturated heterocycles. The van der Waals surface area contributed by atoms with Crippen LogP contribution in [-0.4, -0.2) is 37.5 Å². The number of aliphatic imine (C=N–C) groups is 1. The van der Waals surface area contributed by atoms with Crippen molar-refractivity contribution in [3.63, 3.8) is 0 Å². The average Bonchev–Trinajstić information content (AvgIpc) is 2.94. The van der Waals surface area contributed by atoms with E-state index in [1.54, 1.807) is 31.4 Å². The summed E-state index contributed by atoms with van der Waals surface area (Å²) in [5.74, 6) is -0.0348. The Labute approximate surface area is 115 Å². The number of hydroxylamine groups is 1. The van der Waals surface area contributed by atoms with Crippen LogP contribution in [0.25, 0.3) is 0 Å². The summed E-state index contributed by atoms with van der Waals surface area (Å²) in [6.07, 6.45) is 0. The van der Waals surface area contributed by atoms with Crippen LogP contribution in [-0.2, 0) is 19.2 Å². The lowest BCUT2D eigenvalue weighted by atomic mass is 10.2. The molecule has 1 atom stereocenters. The average molecular weight is 278 g/mol. The Bertz CT molecular complexity index is 538. The van der Waals surface area contributed by atoms with Crippen molar-refractivity contribution in [2.75, 3.05) is 13.7 Å². The number of hydrogen-bond donors (Lipinski definition) is 1. The molecule has 7 heteroatoms. The number of ether oxygens (including phenoxy) is 2. The molecule has 0 spiro atoms. The van der Waals surface area contributed by atoms with Crippen molar-refractivity contribution in [3.05, 3.63) is 29.8 Å². The summed E-state index contributed by atoms with van der Waals surface area (Å²) >= 11 is 0. The van der Waals surface area contributed by atoms with E-state index in [4.69, 9.17) is 9.47 Å². The number of rotatable bonds is 3. The lowest BCUT2D eigenvalue weighted by molar-refractivity contribution is -0.156. The Kier molecular flexibility index (Phi) is 4.19. The fourth-order valence-corrected chi connectivity index (χ4v) is 1.59. The first-order valence-electron chi connectivity index (χ1n) is 5.92. The molecule has 1 aliphatic rings. The number of hydrogen-bond acceptors (Lipinski definition) is 6. The molecule has 1 N–H and O–H groups in total. The van der Waals surface area contributed by atoms with Gasteiger partial charge in [-0.15, -0.1) is 0 Å². The summed E-state index contributed by atoms with van der Waals surface area (Å²) in [5, 5.41) is 0. The Morgan fingerprint density at radius 1 is 1.35 bits per heavy atom. The van der Waals surface area contributed by atoms with Gasteiger partial charge < -0.3 is 14.3 Å². The van der Waals surface area contributed by atoms with Crippen molar-refractivity contribution in [2.45, 2.75) is 13.0 Å². The first-order valence-corrected chi connectivity index (χ1v) is 5.92. The molecule has 0 radical (unpaired) electrons. The lowest BCUT2D eigenvalue weighted by Gasteiger charge is -2.05. The van der Waals surface area contributed by atoms with Gasteiger partial charge in [0.05, 0.1) is 7.11 Å². The summed E-state index contributed by atoms with van der Waals surface area (Å²) in [5.41, 5.74) is 2.76. The second-order valence-corrected chi connectivity index (χ2v) is 4.05. The van der Waals surface area contributed by atoms with Gasteiger partial charge in [-0.25, -0.2) is 4.99 Å². The number of carbonyl (C=O) groups is 2. The smallest absolute Gasteiger partial charge is 0.329 e. The zero-order chi connectivity index (χ0) is 14.5. The third-order valence-electron chi connectivity index (χ3n) is 2.59. The quantitative estimate of drug-likeness (QED) is 0.810. The fourth-order valence-electron chi connectivity index (χ4n) is 1.59. The predicted octanol–water partition coefficient (Wildman–Crippen LogP) is 0.435. The van der Waals surface area contributed by atoms with Crippen LogP contribution in [0, 0.1) is 0 Å². The van der Waals surface area contributed by atoms with Crippen LogP contribution in [0.15, 0.2) is 29.3 Å². The van der Waals surface area contributed by atoms with Crippen molar-refractivity contribution < 1.29 is 23.9 Å². The SMILES string of the molecule is COc1ccc(C2=N[C@@H](C(=O)NOC(C)=O)CO2)cc1. The maximum Gasteiger partial charge on any atom is 0.329 e. The van der Waals surface area contributed by atoms with Gasteiger partial charge in [-0.3, -0.25) is 9.59 Å². The molecule has 1 heterocycles. The second-order valence-electron chi connectivity index (χ2n) is 4.05. The molecule has 1 aromatic carbocycles. The summed E-state index contributed by atoms with van der Waals surface area (Å²) in [4.78, 5) is 30.8. The van der Waals surface area contributed by atoms with Gasteiger partial charge in [0, 0.05) is 12.5 Å². The minimum absolute atomic E-state index is 0.106. The van der Waals surface area contributed by atoms with Crippen LogP contribution in [0.4, 0.5) is 0 Å². The van der Waals surface area contributed by atoms with Crippen molar-refractivity contribution in [1.29, 1.82) is 0 Å². The van der Waals surface area contributed by atoms with Gasteiger partial charge in [-0.1, -0.05) is 0 Å². The highest BCUT2D eigenvalue weighted by atomic mass is 16.7. The minimum atomic E-state index is -0.730. The highest BCUT2D eigenvalue weighted by Gasteiger charge is 2.27. The van der Waals surface area contributed by atoms with Gasteiger partial charge in [-0.05, 0) is 24.3 Å². The molecule has 0 fully saturated rings. The number of carbonyl (C=O) groups excluding carboxylic acids is 2. The number of nitrogens with zero attached hydrogens (tertiary/aromatic N) is 1. The Balaban J connectivity index is 2.01. The van der Waals surface area contributed by atoms with Crippen LogP contribution in [0.2, 0.25) is 0 Å². The summed E-state index contributed by atoms with van der Waals surface area (Å²) < 4.78 is 10.4. The molecular weight excluding hydrogens is 264 g/mol. The van der Waals surface area contributed by atoms with Gasteiger partial charge in [0.2, 0.25) is 5.90 Å². The van der Waals surface area contributed by atoms with E-state index in [0.29, 0.717) is 5.90 Å². The molecule has 2 rings (SSSR count). The number of amides is 1. The molecule has 0 saturated carbocycles. The molecule has 0 aliphatic carbocycles. The molecule has 0 unspecified atom stereocenters. The van der Waals surface area contributed by atoms with Crippen molar-refractivity contribution >= 4 is 17.8 Å².